The lowest BCUT2D eigenvalue weighted by molar-refractivity contribution is -0.136. The third kappa shape index (κ3) is 6.90. The lowest BCUT2D eigenvalue weighted by Gasteiger charge is -2.36. The van der Waals surface area contributed by atoms with Crippen LogP contribution in [-0.4, -0.2) is 47.8 Å². The molecule has 1 aliphatic heterocycles. The monoisotopic (exact) mass is 479 g/mol. The SMILES string of the molecule is O=C(N[C@@H]1CCCC[C@H]1NC(=O)[C@@H]1CCCN(C(=O)CCc2ccccc2)C1)c1ccc(F)cc1. The topological polar surface area (TPSA) is 78.5 Å². The van der Waals surface area contributed by atoms with Crippen LogP contribution in [0.25, 0.3) is 0 Å². The molecular weight excluding hydrogens is 445 g/mol. The van der Waals surface area contributed by atoms with Crippen LogP contribution >= 0.6 is 0 Å². The van der Waals surface area contributed by atoms with Crippen molar-refractivity contribution in [3.05, 3.63) is 71.5 Å². The molecule has 2 aromatic carbocycles. The van der Waals surface area contributed by atoms with Crippen molar-refractivity contribution in [2.45, 2.75) is 63.5 Å². The highest BCUT2D eigenvalue weighted by molar-refractivity contribution is 5.94. The fourth-order valence-electron chi connectivity index (χ4n) is 5.10. The average Bonchev–Trinajstić information content (AvgIpc) is 2.89. The van der Waals surface area contributed by atoms with Crippen molar-refractivity contribution in [2.75, 3.05) is 13.1 Å². The summed E-state index contributed by atoms with van der Waals surface area (Å²) < 4.78 is 13.2. The van der Waals surface area contributed by atoms with Gasteiger partial charge in [-0.2, -0.15) is 0 Å². The number of piperidine rings is 1. The Kier molecular flexibility index (Phi) is 8.50. The van der Waals surface area contributed by atoms with Crippen LogP contribution in [0.4, 0.5) is 4.39 Å². The predicted octanol–water partition coefficient (Wildman–Crippen LogP) is 3.85. The Labute approximate surface area is 206 Å². The standard InChI is InChI=1S/C28H34FN3O3/c29-23-15-13-21(14-16-23)27(34)30-24-10-4-5-11-25(24)31-28(35)22-9-6-18-32(19-22)26(33)17-12-20-7-2-1-3-8-20/h1-3,7-8,13-16,22,24-25H,4-6,9-12,17-19H2,(H,30,34)(H,31,35)/t22-,24-,25-/m1/s1. The summed E-state index contributed by atoms with van der Waals surface area (Å²) in [5, 5.41) is 6.20. The van der Waals surface area contributed by atoms with Crippen LogP contribution in [0.5, 0.6) is 0 Å². The Balaban J connectivity index is 1.30. The van der Waals surface area contributed by atoms with Crippen LogP contribution < -0.4 is 10.6 Å². The minimum Gasteiger partial charge on any atom is -0.351 e. The molecule has 186 valence electrons. The van der Waals surface area contributed by atoms with Gasteiger partial charge in [-0.1, -0.05) is 43.2 Å². The lowest BCUT2D eigenvalue weighted by Crippen LogP contribution is -2.55. The normalized spacial score (nSPS) is 22.3. The number of likely N-dealkylation sites (tertiary alicyclic amines) is 1. The fraction of sp³-hybridized carbons (Fsp3) is 0.464. The van der Waals surface area contributed by atoms with Gasteiger partial charge in [0.15, 0.2) is 0 Å². The van der Waals surface area contributed by atoms with Gasteiger partial charge in [0.2, 0.25) is 11.8 Å². The number of benzene rings is 2. The van der Waals surface area contributed by atoms with E-state index in [-0.39, 0.29) is 41.5 Å². The van der Waals surface area contributed by atoms with Crippen molar-refractivity contribution in [1.82, 2.24) is 15.5 Å². The summed E-state index contributed by atoms with van der Waals surface area (Å²) in [6.07, 6.45) is 6.26. The molecule has 1 saturated carbocycles. The van der Waals surface area contributed by atoms with Crippen molar-refractivity contribution in [3.63, 3.8) is 0 Å². The Bertz CT molecular complexity index is 1010. The molecule has 0 spiro atoms. The van der Waals surface area contributed by atoms with Crippen LogP contribution in [0.1, 0.15) is 60.9 Å². The average molecular weight is 480 g/mol. The minimum atomic E-state index is -0.385. The number of nitrogens with zero attached hydrogens (tertiary/aromatic N) is 1. The smallest absolute Gasteiger partial charge is 0.251 e. The van der Waals surface area contributed by atoms with Crippen molar-refractivity contribution >= 4 is 17.7 Å². The number of rotatable bonds is 7. The largest absolute Gasteiger partial charge is 0.351 e. The molecule has 0 unspecified atom stereocenters. The van der Waals surface area contributed by atoms with Crippen molar-refractivity contribution in [1.29, 1.82) is 0 Å². The molecule has 2 aliphatic rings. The Morgan fingerprint density at radius 3 is 2.26 bits per heavy atom. The summed E-state index contributed by atoms with van der Waals surface area (Å²) >= 11 is 0. The second-order valence-corrected chi connectivity index (χ2v) is 9.65. The predicted molar refractivity (Wildman–Crippen MR) is 132 cm³/mol. The van der Waals surface area contributed by atoms with Crippen LogP contribution in [0.3, 0.4) is 0 Å². The quantitative estimate of drug-likeness (QED) is 0.633. The molecule has 0 radical (unpaired) electrons. The van der Waals surface area contributed by atoms with Crippen LogP contribution in [0, 0.1) is 11.7 Å². The zero-order valence-electron chi connectivity index (χ0n) is 20.0. The number of carbonyl (C=O) groups excluding carboxylic acids is 3. The van der Waals surface area contributed by atoms with Gasteiger partial charge in [0.1, 0.15) is 5.82 Å². The molecule has 1 aliphatic carbocycles. The van der Waals surface area contributed by atoms with E-state index in [1.165, 1.54) is 24.3 Å². The molecule has 3 atom stereocenters. The second-order valence-electron chi connectivity index (χ2n) is 9.65. The van der Waals surface area contributed by atoms with Gasteiger partial charge >= 0.3 is 0 Å². The first-order chi connectivity index (χ1) is 17.0. The van der Waals surface area contributed by atoms with Crippen molar-refractivity contribution in [3.8, 4) is 0 Å². The van der Waals surface area contributed by atoms with Crippen LogP contribution in [-0.2, 0) is 16.0 Å². The molecule has 3 amide bonds. The van der Waals surface area contributed by atoms with Gasteiger partial charge in [-0.3, -0.25) is 14.4 Å². The molecule has 0 aromatic heterocycles. The van der Waals surface area contributed by atoms with E-state index in [1.54, 1.807) is 0 Å². The molecule has 2 N–H and O–H groups in total. The first kappa shape index (κ1) is 24.9. The zero-order valence-corrected chi connectivity index (χ0v) is 20.0. The third-order valence-electron chi connectivity index (χ3n) is 7.13. The number of carbonyl (C=O) groups is 3. The summed E-state index contributed by atoms with van der Waals surface area (Å²) in [6.45, 7) is 1.13. The molecule has 2 aromatic rings. The first-order valence-electron chi connectivity index (χ1n) is 12.7. The molecule has 7 heteroatoms. The first-order valence-corrected chi connectivity index (χ1v) is 12.7. The molecule has 6 nitrogen and oxygen atoms in total. The maximum absolute atomic E-state index is 13.2. The van der Waals surface area contributed by atoms with E-state index in [0.29, 0.717) is 31.5 Å². The summed E-state index contributed by atoms with van der Waals surface area (Å²) in [7, 11) is 0. The number of hydrogen-bond donors (Lipinski definition) is 2. The maximum Gasteiger partial charge on any atom is 0.251 e. The number of aryl methyl sites for hydroxylation is 1. The van der Waals surface area contributed by atoms with E-state index in [0.717, 1.165) is 44.1 Å². The van der Waals surface area contributed by atoms with Gasteiger partial charge in [-0.15, -0.1) is 0 Å². The number of amides is 3. The number of halogens is 1. The summed E-state index contributed by atoms with van der Waals surface area (Å²) in [5.41, 5.74) is 1.54. The van der Waals surface area contributed by atoms with Gasteiger partial charge in [0.25, 0.3) is 5.91 Å². The van der Waals surface area contributed by atoms with Gasteiger partial charge in [0, 0.05) is 37.2 Å². The Hall–Kier alpha value is -3.22. The molecule has 35 heavy (non-hydrogen) atoms. The third-order valence-corrected chi connectivity index (χ3v) is 7.13. The maximum atomic E-state index is 13.2. The van der Waals surface area contributed by atoms with E-state index in [2.05, 4.69) is 10.6 Å². The minimum absolute atomic E-state index is 0.0431. The highest BCUT2D eigenvalue weighted by Crippen LogP contribution is 2.22. The Morgan fingerprint density at radius 2 is 1.54 bits per heavy atom. The lowest BCUT2D eigenvalue weighted by atomic mass is 9.88. The summed E-state index contributed by atoms with van der Waals surface area (Å²) in [5.74, 6) is -0.833. The number of hydrogen-bond acceptors (Lipinski definition) is 3. The van der Waals surface area contributed by atoms with Gasteiger partial charge < -0.3 is 15.5 Å². The highest BCUT2D eigenvalue weighted by atomic mass is 19.1. The summed E-state index contributed by atoms with van der Waals surface area (Å²) in [4.78, 5) is 40.4. The fourth-order valence-corrected chi connectivity index (χ4v) is 5.10. The van der Waals surface area contributed by atoms with Crippen LogP contribution in [0.15, 0.2) is 54.6 Å². The van der Waals surface area contributed by atoms with E-state index in [4.69, 9.17) is 0 Å². The second kappa shape index (κ2) is 12.0. The van der Waals surface area contributed by atoms with Gasteiger partial charge in [-0.05, 0) is 61.9 Å². The Morgan fingerprint density at radius 1 is 0.857 bits per heavy atom. The van der Waals surface area contributed by atoms with Crippen molar-refractivity contribution < 1.29 is 18.8 Å². The van der Waals surface area contributed by atoms with E-state index >= 15 is 0 Å². The molecule has 1 heterocycles. The highest BCUT2D eigenvalue weighted by Gasteiger charge is 2.33. The zero-order chi connectivity index (χ0) is 24.6. The molecular formula is C28H34FN3O3. The van der Waals surface area contributed by atoms with E-state index < -0.39 is 0 Å². The van der Waals surface area contributed by atoms with E-state index in [9.17, 15) is 18.8 Å². The van der Waals surface area contributed by atoms with Gasteiger partial charge in [0.05, 0.1) is 5.92 Å². The van der Waals surface area contributed by atoms with Crippen LogP contribution in [0.2, 0.25) is 0 Å². The number of nitrogens with one attached hydrogen (secondary N) is 2. The molecule has 0 bridgehead atoms. The molecule has 2 fully saturated rings. The molecule has 1 saturated heterocycles. The van der Waals surface area contributed by atoms with Gasteiger partial charge in [-0.25, -0.2) is 4.39 Å². The molecule has 4 rings (SSSR count). The van der Waals surface area contributed by atoms with Crippen molar-refractivity contribution in [2.24, 2.45) is 5.92 Å². The van der Waals surface area contributed by atoms with E-state index in [1.807, 2.05) is 35.2 Å². The summed E-state index contributed by atoms with van der Waals surface area (Å²) in [6, 6.07) is 15.1.